The van der Waals surface area contributed by atoms with Gasteiger partial charge in [0, 0.05) is 24.4 Å². The van der Waals surface area contributed by atoms with Gasteiger partial charge < -0.3 is 15.4 Å². The molecule has 0 radical (unpaired) electrons. The lowest BCUT2D eigenvalue weighted by molar-refractivity contribution is -0.138. The maximum Gasteiger partial charge on any atom is 0.416 e. The molecule has 178 valence electrons. The fourth-order valence-electron chi connectivity index (χ4n) is 4.90. The van der Waals surface area contributed by atoms with Crippen molar-refractivity contribution in [3.8, 4) is 0 Å². The molecule has 9 heteroatoms. The third-order valence-corrected chi connectivity index (χ3v) is 6.57. The largest absolute Gasteiger partial charge is 0.416 e. The minimum atomic E-state index is -4.75. The third-order valence-electron chi connectivity index (χ3n) is 6.57. The molecule has 33 heavy (non-hydrogen) atoms. The van der Waals surface area contributed by atoms with Gasteiger partial charge in [-0.25, -0.2) is 13.6 Å². The van der Waals surface area contributed by atoms with Crippen molar-refractivity contribution in [1.29, 1.82) is 0 Å². The van der Waals surface area contributed by atoms with Crippen LogP contribution in [0.5, 0.6) is 0 Å². The predicted molar refractivity (Wildman–Crippen MR) is 112 cm³/mol. The second-order valence-corrected chi connectivity index (χ2v) is 9.27. The van der Waals surface area contributed by atoms with Crippen molar-refractivity contribution in [2.45, 2.75) is 55.8 Å². The summed E-state index contributed by atoms with van der Waals surface area (Å²) in [6.07, 6.45) is -4.41. The lowest BCUT2D eigenvalue weighted by atomic mass is 9.55. The molecule has 2 aromatic rings. The van der Waals surface area contributed by atoms with Gasteiger partial charge in [-0.1, -0.05) is 30.3 Å². The van der Waals surface area contributed by atoms with E-state index in [1.54, 1.807) is 6.92 Å². The van der Waals surface area contributed by atoms with Crippen LogP contribution in [0.4, 0.5) is 26.7 Å². The Morgan fingerprint density at radius 1 is 1.03 bits per heavy atom. The highest BCUT2D eigenvalue weighted by Gasteiger charge is 2.58. The van der Waals surface area contributed by atoms with Gasteiger partial charge in [0.2, 0.25) is 0 Å². The van der Waals surface area contributed by atoms with E-state index in [0.29, 0.717) is 32.4 Å². The van der Waals surface area contributed by atoms with E-state index in [2.05, 4.69) is 10.6 Å². The zero-order valence-electron chi connectivity index (χ0n) is 18.2. The first-order valence-electron chi connectivity index (χ1n) is 10.7. The van der Waals surface area contributed by atoms with Gasteiger partial charge >= 0.3 is 12.2 Å². The second-order valence-electron chi connectivity index (χ2n) is 9.27. The van der Waals surface area contributed by atoms with Crippen LogP contribution in [0.25, 0.3) is 0 Å². The fraction of sp³-hybridized carbons (Fsp3) is 0.458. The molecule has 1 aliphatic heterocycles. The monoisotopic (exact) mass is 468 g/mol. The number of carbonyl (C=O) groups excluding carboxylic acids is 1. The standard InChI is InChI=1S/C24H25F5N2O2/c1-15(16-8-18(21(2,25)26)10-19(9-16)24(27,28)29)33-14-22(17-6-4-3-5-7-17)11-23(12-22)13-30-20(32)31-23/h3-10,15H,11-14H2,1-2H3,(H2,30,31,32)/t15-,22?,23?/m1/s1. The van der Waals surface area contributed by atoms with Crippen molar-refractivity contribution in [2.75, 3.05) is 13.2 Å². The summed E-state index contributed by atoms with van der Waals surface area (Å²) in [7, 11) is 0. The number of benzene rings is 2. The Balaban J connectivity index is 1.57. The molecule has 4 nitrogen and oxygen atoms in total. The van der Waals surface area contributed by atoms with E-state index in [0.717, 1.165) is 17.7 Å². The summed E-state index contributed by atoms with van der Waals surface area (Å²) in [6.45, 7) is 2.78. The van der Waals surface area contributed by atoms with Crippen LogP contribution in [0.1, 0.15) is 55.0 Å². The van der Waals surface area contributed by atoms with Gasteiger partial charge in [-0.15, -0.1) is 0 Å². The van der Waals surface area contributed by atoms with E-state index in [-0.39, 0.29) is 18.2 Å². The van der Waals surface area contributed by atoms with Gasteiger partial charge in [-0.05, 0) is 49.1 Å². The van der Waals surface area contributed by atoms with E-state index in [9.17, 15) is 26.7 Å². The van der Waals surface area contributed by atoms with Crippen molar-refractivity contribution >= 4 is 6.03 Å². The van der Waals surface area contributed by atoms with Gasteiger partial charge in [0.15, 0.2) is 0 Å². The molecule has 0 unspecified atom stereocenters. The number of nitrogens with one attached hydrogen (secondary N) is 2. The van der Waals surface area contributed by atoms with Gasteiger partial charge in [0.05, 0.1) is 23.8 Å². The van der Waals surface area contributed by atoms with Crippen molar-refractivity contribution < 1.29 is 31.5 Å². The lowest BCUT2D eigenvalue weighted by Crippen LogP contribution is -2.63. The Bertz CT molecular complexity index is 995. The van der Waals surface area contributed by atoms with Crippen LogP contribution in [-0.4, -0.2) is 24.7 Å². The molecule has 1 saturated carbocycles. The quantitative estimate of drug-likeness (QED) is 0.536. The molecule has 1 spiro atoms. The average molecular weight is 468 g/mol. The first kappa shape index (κ1) is 23.5. The number of rotatable bonds is 6. The van der Waals surface area contributed by atoms with Crippen molar-refractivity contribution in [3.63, 3.8) is 0 Å². The first-order valence-corrected chi connectivity index (χ1v) is 10.7. The highest BCUT2D eigenvalue weighted by molar-refractivity contribution is 5.78. The van der Waals surface area contributed by atoms with Crippen LogP contribution in [0.15, 0.2) is 48.5 Å². The molecule has 1 heterocycles. The Kier molecular flexibility index (Phi) is 5.67. The van der Waals surface area contributed by atoms with E-state index < -0.39 is 40.3 Å². The summed E-state index contributed by atoms with van der Waals surface area (Å²) in [6, 6.07) is 11.7. The topological polar surface area (TPSA) is 50.4 Å². The van der Waals surface area contributed by atoms with Crippen LogP contribution in [0, 0.1) is 0 Å². The minimum Gasteiger partial charge on any atom is -0.373 e. The molecule has 2 fully saturated rings. The SMILES string of the molecule is C[C@@H](OCC1(c2ccccc2)CC2(CNC(=O)N2)C1)c1cc(C(C)(F)F)cc(C(F)(F)F)c1. The van der Waals surface area contributed by atoms with Crippen LogP contribution >= 0.6 is 0 Å². The number of urea groups is 1. The van der Waals surface area contributed by atoms with Crippen molar-refractivity contribution in [2.24, 2.45) is 0 Å². The number of amides is 2. The Morgan fingerprint density at radius 3 is 2.21 bits per heavy atom. The summed E-state index contributed by atoms with van der Waals surface area (Å²) < 4.78 is 73.8. The molecule has 2 aromatic carbocycles. The van der Waals surface area contributed by atoms with Gasteiger partial charge in [0.25, 0.3) is 5.92 Å². The van der Waals surface area contributed by atoms with E-state index >= 15 is 0 Å². The van der Waals surface area contributed by atoms with Gasteiger partial charge in [-0.3, -0.25) is 0 Å². The van der Waals surface area contributed by atoms with Gasteiger partial charge in [-0.2, -0.15) is 13.2 Å². The zero-order valence-corrected chi connectivity index (χ0v) is 18.2. The van der Waals surface area contributed by atoms with Gasteiger partial charge in [0.1, 0.15) is 0 Å². The number of hydrogen-bond donors (Lipinski definition) is 2. The molecule has 0 bridgehead atoms. The molecule has 2 aliphatic rings. The number of hydrogen-bond acceptors (Lipinski definition) is 2. The highest BCUT2D eigenvalue weighted by Crippen LogP contribution is 2.52. The van der Waals surface area contributed by atoms with Crippen LogP contribution in [-0.2, 0) is 22.3 Å². The maximum absolute atomic E-state index is 13.9. The molecule has 2 N–H and O–H groups in total. The molecular formula is C24H25F5N2O2. The predicted octanol–water partition coefficient (Wildman–Crippen LogP) is 5.68. The molecule has 1 saturated heterocycles. The summed E-state index contributed by atoms with van der Waals surface area (Å²) in [5.41, 5.74) is -1.65. The first-order chi connectivity index (χ1) is 15.3. The summed E-state index contributed by atoms with van der Waals surface area (Å²) in [4.78, 5) is 11.7. The summed E-state index contributed by atoms with van der Waals surface area (Å²) >= 11 is 0. The smallest absolute Gasteiger partial charge is 0.373 e. The Hall–Kier alpha value is -2.68. The summed E-state index contributed by atoms with van der Waals surface area (Å²) in [5.74, 6) is -3.42. The van der Waals surface area contributed by atoms with Crippen LogP contribution in [0.2, 0.25) is 0 Å². The number of halogens is 5. The van der Waals surface area contributed by atoms with E-state index in [1.807, 2.05) is 30.3 Å². The van der Waals surface area contributed by atoms with Crippen LogP contribution < -0.4 is 10.6 Å². The van der Waals surface area contributed by atoms with Crippen molar-refractivity contribution in [3.05, 3.63) is 70.8 Å². The van der Waals surface area contributed by atoms with E-state index in [4.69, 9.17) is 4.74 Å². The maximum atomic E-state index is 13.9. The molecule has 1 aliphatic carbocycles. The Morgan fingerprint density at radius 2 is 1.67 bits per heavy atom. The molecular weight excluding hydrogens is 443 g/mol. The molecule has 2 amide bonds. The normalized spacial score (nSPS) is 26.0. The number of alkyl halides is 5. The summed E-state index contributed by atoms with van der Waals surface area (Å²) in [5, 5.41) is 5.71. The minimum absolute atomic E-state index is 0.0365. The van der Waals surface area contributed by atoms with E-state index in [1.165, 1.54) is 0 Å². The lowest BCUT2D eigenvalue weighted by Gasteiger charge is -2.54. The molecule has 1 atom stereocenters. The molecule has 4 rings (SSSR count). The third kappa shape index (κ3) is 4.69. The number of ether oxygens (including phenoxy) is 1. The van der Waals surface area contributed by atoms with Crippen molar-refractivity contribution in [1.82, 2.24) is 10.6 Å². The average Bonchev–Trinajstić information content (AvgIpc) is 3.11. The fourth-order valence-corrected chi connectivity index (χ4v) is 4.90. The molecule has 0 aromatic heterocycles. The highest BCUT2D eigenvalue weighted by atomic mass is 19.4. The zero-order chi connectivity index (χ0) is 24.1. The van der Waals surface area contributed by atoms with Crippen LogP contribution in [0.3, 0.4) is 0 Å². The number of carbonyl (C=O) groups is 1. The second kappa shape index (κ2) is 7.97. The Labute approximate surface area is 188 Å².